The second kappa shape index (κ2) is 11.0. The van der Waals surface area contributed by atoms with Crippen molar-refractivity contribution in [1.82, 2.24) is 0 Å². The third-order valence-corrected chi connectivity index (χ3v) is 2.96. The van der Waals surface area contributed by atoms with Gasteiger partial charge in [-0.2, -0.15) is 0 Å². The highest BCUT2D eigenvalue weighted by molar-refractivity contribution is 5.84. The van der Waals surface area contributed by atoms with Crippen LogP contribution in [0.4, 0.5) is 0 Å². The van der Waals surface area contributed by atoms with Crippen LogP contribution in [-0.2, 0) is 28.6 Å². The Morgan fingerprint density at radius 3 is 1.82 bits per heavy atom. The highest BCUT2D eigenvalue weighted by Gasteiger charge is 2.29. The van der Waals surface area contributed by atoms with Crippen molar-refractivity contribution in [3.8, 4) is 0 Å². The van der Waals surface area contributed by atoms with Crippen molar-refractivity contribution in [3.05, 3.63) is 0 Å². The number of carbonyl (C=O) groups is 3. The first-order valence-electron chi connectivity index (χ1n) is 7.87. The number of ether oxygens (including phenoxy) is 3. The van der Waals surface area contributed by atoms with Crippen molar-refractivity contribution in [2.75, 3.05) is 0 Å². The van der Waals surface area contributed by atoms with Gasteiger partial charge in [0.25, 0.3) is 0 Å². The summed E-state index contributed by atoms with van der Waals surface area (Å²) in [5, 5.41) is 0. The summed E-state index contributed by atoms with van der Waals surface area (Å²) in [7, 11) is 0. The highest BCUT2D eigenvalue weighted by atomic mass is 16.6. The van der Waals surface area contributed by atoms with Crippen LogP contribution in [0.1, 0.15) is 66.7 Å². The number of hydrogen-bond donors (Lipinski definition) is 0. The highest BCUT2D eigenvalue weighted by Crippen LogP contribution is 2.11. The lowest BCUT2D eigenvalue weighted by molar-refractivity contribution is -0.174. The maximum atomic E-state index is 12.0. The summed E-state index contributed by atoms with van der Waals surface area (Å²) in [6.45, 7) is 8.68. The Morgan fingerprint density at radius 1 is 0.864 bits per heavy atom. The molecule has 0 rings (SSSR count). The molecule has 2 unspecified atom stereocenters. The lowest BCUT2D eigenvalue weighted by atomic mass is 10.2. The SMILES string of the molecule is CCCC(C)OC(=O)C[C@H](OC(C)=O)C(=O)OC(C)CCC. The van der Waals surface area contributed by atoms with Crippen LogP contribution < -0.4 is 0 Å². The minimum atomic E-state index is -1.25. The zero-order chi connectivity index (χ0) is 17.1. The van der Waals surface area contributed by atoms with Gasteiger partial charge in [-0.3, -0.25) is 9.59 Å². The molecule has 0 heterocycles. The van der Waals surface area contributed by atoms with E-state index in [1.807, 2.05) is 13.8 Å². The van der Waals surface area contributed by atoms with E-state index in [0.717, 1.165) is 19.3 Å². The molecule has 0 aromatic carbocycles. The molecule has 0 aromatic heterocycles. The predicted octanol–water partition coefficient (Wildman–Crippen LogP) is 2.77. The van der Waals surface area contributed by atoms with E-state index in [2.05, 4.69) is 0 Å². The van der Waals surface area contributed by atoms with Crippen molar-refractivity contribution >= 4 is 17.9 Å². The number of carbonyl (C=O) groups excluding carboxylic acids is 3. The van der Waals surface area contributed by atoms with E-state index >= 15 is 0 Å². The quantitative estimate of drug-likeness (QED) is 0.455. The molecule has 0 fully saturated rings. The smallest absolute Gasteiger partial charge is 0.348 e. The molecule has 22 heavy (non-hydrogen) atoms. The average Bonchev–Trinajstić information content (AvgIpc) is 2.37. The summed E-state index contributed by atoms with van der Waals surface area (Å²) in [5.41, 5.74) is 0. The monoisotopic (exact) mass is 316 g/mol. The maximum absolute atomic E-state index is 12.0. The minimum absolute atomic E-state index is 0.231. The van der Waals surface area contributed by atoms with Gasteiger partial charge in [-0.25, -0.2) is 4.79 Å². The summed E-state index contributed by atoms with van der Waals surface area (Å²) in [5.74, 6) is -1.93. The standard InChI is InChI=1S/C16H28O6/c1-6-8-11(3)20-15(18)10-14(22-13(5)17)16(19)21-12(4)9-7-2/h11-12,14H,6-10H2,1-5H3/t11?,12?,14-/m0/s1. The van der Waals surface area contributed by atoms with E-state index in [0.29, 0.717) is 6.42 Å². The molecule has 0 N–H and O–H groups in total. The summed E-state index contributed by atoms with van der Waals surface area (Å²) in [6.07, 6.45) is 1.10. The molecular formula is C16H28O6. The first-order chi connectivity index (χ1) is 10.3. The Morgan fingerprint density at radius 2 is 1.36 bits per heavy atom. The van der Waals surface area contributed by atoms with Gasteiger partial charge in [-0.1, -0.05) is 26.7 Å². The molecule has 0 spiro atoms. The predicted molar refractivity (Wildman–Crippen MR) is 81.1 cm³/mol. The number of hydrogen-bond acceptors (Lipinski definition) is 6. The van der Waals surface area contributed by atoms with Crippen molar-refractivity contribution in [2.24, 2.45) is 0 Å². The van der Waals surface area contributed by atoms with E-state index in [4.69, 9.17) is 14.2 Å². The van der Waals surface area contributed by atoms with Crippen LogP contribution >= 0.6 is 0 Å². The molecule has 6 nitrogen and oxygen atoms in total. The zero-order valence-electron chi connectivity index (χ0n) is 14.2. The molecule has 0 saturated heterocycles. The second-order valence-electron chi connectivity index (χ2n) is 5.43. The van der Waals surface area contributed by atoms with Gasteiger partial charge in [0.15, 0.2) is 0 Å². The van der Waals surface area contributed by atoms with Crippen molar-refractivity contribution in [1.29, 1.82) is 0 Å². The van der Waals surface area contributed by atoms with Crippen LogP contribution in [0.2, 0.25) is 0 Å². The molecule has 0 aliphatic heterocycles. The van der Waals surface area contributed by atoms with Crippen molar-refractivity contribution in [3.63, 3.8) is 0 Å². The van der Waals surface area contributed by atoms with Gasteiger partial charge >= 0.3 is 17.9 Å². The molecule has 6 heteroatoms. The lowest BCUT2D eigenvalue weighted by Gasteiger charge is -2.19. The van der Waals surface area contributed by atoms with E-state index in [1.165, 1.54) is 6.92 Å². The van der Waals surface area contributed by atoms with E-state index < -0.39 is 24.0 Å². The second-order valence-corrected chi connectivity index (χ2v) is 5.43. The van der Waals surface area contributed by atoms with Crippen LogP contribution in [0.5, 0.6) is 0 Å². The summed E-state index contributed by atoms with van der Waals surface area (Å²) in [6, 6.07) is 0. The first kappa shape index (κ1) is 20.4. The van der Waals surface area contributed by atoms with E-state index in [-0.39, 0.29) is 18.6 Å². The summed E-state index contributed by atoms with van der Waals surface area (Å²) < 4.78 is 15.2. The lowest BCUT2D eigenvalue weighted by Crippen LogP contribution is -2.34. The normalized spacial score (nSPS) is 14.6. The van der Waals surface area contributed by atoms with Gasteiger partial charge in [0.2, 0.25) is 6.10 Å². The number of esters is 3. The molecular weight excluding hydrogens is 288 g/mol. The minimum Gasteiger partial charge on any atom is -0.463 e. The van der Waals surface area contributed by atoms with Crippen LogP contribution in [0.25, 0.3) is 0 Å². The molecule has 0 aliphatic carbocycles. The van der Waals surface area contributed by atoms with Gasteiger partial charge in [0, 0.05) is 6.92 Å². The molecule has 0 saturated carbocycles. The van der Waals surface area contributed by atoms with Gasteiger partial charge in [0.1, 0.15) is 0 Å². The topological polar surface area (TPSA) is 78.9 Å². The zero-order valence-corrected chi connectivity index (χ0v) is 14.2. The fourth-order valence-corrected chi connectivity index (χ4v) is 2.00. The molecule has 128 valence electrons. The van der Waals surface area contributed by atoms with E-state index in [1.54, 1.807) is 13.8 Å². The van der Waals surface area contributed by atoms with Gasteiger partial charge in [0.05, 0.1) is 18.6 Å². The fraction of sp³-hybridized carbons (Fsp3) is 0.812. The summed E-state index contributed by atoms with van der Waals surface area (Å²) in [4.78, 5) is 34.9. The van der Waals surface area contributed by atoms with Crippen molar-refractivity contribution < 1.29 is 28.6 Å². The van der Waals surface area contributed by atoms with Crippen LogP contribution in [-0.4, -0.2) is 36.2 Å². The Bertz CT molecular complexity index is 366. The third kappa shape index (κ3) is 9.37. The molecule has 3 atom stereocenters. The third-order valence-electron chi connectivity index (χ3n) is 2.96. The van der Waals surface area contributed by atoms with Crippen LogP contribution in [0.15, 0.2) is 0 Å². The fourth-order valence-electron chi connectivity index (χ4n) is 2.00. The Balaban J connectivity index is 4.59. The Kier molecular flexibility index (Phi) is 10.2. The molecule has 0 aromatic rings. The first-order valence-corrected chi connectivity index (χ1v) is 7.87. The molecule has 0 amide bonds. The van der Waals surface area contributed by atoms with Gasteiger partial charge in [-0.15, -0.1) is 0 Å². The number of rotatable bonds is 10. The Labute approximate surface area is 132 Å². The summed E-state index contributed by atoms with van der Waals surface area (Å²) >= 11 is 0. The van der Waals surface area contributed by atoms with Crippen LogP contribution in [0, 0.1) is 0 Å². The molecule has 0 radical (unpaired) electrons. The van der Waals surface area contributed by atoms with Gasteiger partial charge in [-0.05, 0) is 26.7 Å². The van der Waals surface area contributed by atoms with Crippen LogP contribution in [0.3, 0.4) is 0 Å². The maximum Gasteiger partial charge on any atom is 0.348 e. The Hall–Kier alpha value is -1.59. The largest absolute Gasteiger partial charge is 0.463 e. The van der Waals surface area contributed by atoms with Gasteiger partial charge < -0.3 is 14.2 Å². The molecule has 0 bridgehead atoms. The molecule has 0 aliphatic rings. The van der Waals surface area contributed by atoms with E-state index in [9.17, 15) is 14.4 Å². The average molecular weight is 316 g/mol. The van der Waals surface area contributed by atoms with Crippen molar-refractivity contribution in [2.45, 2.75) is 85.0 Å².